The van der Waals surface area contributed by atoms with Crippen molar-refractivity contribution in [2.24, 2.45) is 11.8 Å². The van der Waals surface area contributed by atoms with Crippen LogP contribution in [0.4, 0.5) is 9.59 Å². The molecule has 2 aromatic heterocycles. The molecule has 0 saturated carbocycles. The Balaban J connectivity index is 1.05. The Morgan fingerprint density at radius 2 is 1.69 bits per heavy atom. The summed E-state index contributed by atoms with van der Waals surface area (Å²) in [4.78, 5) is 72.8. The van der Waals surface area contributed by atoms with E-state index in [1.807, 2.05) is 44.9 Å². The first kappa shape index (κ1) is 42.5. The highest BCUT2D eigenvalue weighted by Gasteiger charge is 2.43. The average Bonchev–Trinajstić information content (AvgIpc) is 4.11. The Morgan fingerprint density at radius 1 is 0.903 bits per heavy atom. The number of nitrogens with zero attached hydrogens (tertiary/aromatic N) is 4. The third-order valence-electron chi connectivity index (χ3n) is 13.0. The standard InChI is InChI=1S/C46H56N8O8/c1-8-24(3)39(52-46(58)61-7)44(56)54-25(4)10-15-36(54)41-47-20-35(49-41)28-11-13-30-29(17-28)23-62-38-19-31-27(18-32(30)38)12-14-34-40(31)51-42(48-34)37-16-26(22-59-5)21-53(37)43(55)33(9-2)50-45(57)60-6/h11-14,17-20,24-26,33,36-37,39H,8-10,15-16,21-23H2,1-7H3,(H,47,49)(H,48,51)(H,50,57)(H,52,58)/t24-,25-,26-,33?,36-,37-,39?/m0/s1. The maximum absolute atomic E-state index is 14.0. The molecule has 3 aliphatic heterocycles. The van der Waals surface area contributed by atoms with Gasteiger partial charge in [0.05, 0.1) is 55.8 Å². The number of likely N-dealkylation sites (tertiary alicyclic amines) is 2. The lowest BCUT2D eigenvalue weighted by atomic mass is 9.92. The van der Waals surface area contributed by atoms with Gasteiger partial charge in [0.1, 0.15) is 36.1 Å². The molecule has 0 aliphatic carbocycles. The summed E-state index contributed by atoms with van der Waals surface area (Å²) < 4.78 is 21.6. The monoisotopic (exact) mass is 848 g/mol. The highest BCUT2D eigenvalue weighted by Crippen LogP contribution is 2.44. The van der Waals surface area contributed by atoms with Crippen molar-refractivity contribution in [1.82, 2.24) is 40.4 Å². The maximum Gasteiger partial charge on any atom is 0.407 e. The van der Waals surface area contributed by atoms with Crippen LogP contribution in [0.5, 0.6) is 5.75 Å². The summed E-state index contributed by atoms with van der Waals surface area (Å²) in [7, 11) is 4.24. The van der Waals surface area contributed by atoms with E-state index in [-0.39, 0.29) is 41.8 Å². The second-order valence-electron chi connectivity index (χ2n) is 16.8. The molecular formula is C46H56N8O8. The van der Waals surface area contributed by atoms with E-state index in [0.717, 1.165) is 74.8 Å². The van der Waals surface area contributed by atoms with E-state index in [0.29, 0.717) is 44.2 Å². The van der Waals surface area contributed by atoms with Crippen LogP contribution in [-0.2, 0) is 30.4 Å². The second-order valence-corrected chi connectivity index (χ2v) is 16.8. The predicted molar refractivity (Wildman–Crippen MR) is 232 cm³/mol. The van der Waals surface area contributed by atoms with Crippen molar-refractivity contribution in [3.63, 3.8) is 0 Å². The van der Waals surface area contributed by atoms with E-state index < -0.39 is 24.3 Å². The molecule has 2 saturated heterocycles. The molecule has 3 aliphatic rings. The molecule has 2 unspecified atom stereocenters. The van der Waals surface area contributed by atoms with Crippen LogP contribution in [0.1, 0.15) is 89.1 Å². The van der Waals surface area contributed by atoms with Gasteiger partial charge >= 0.3 is 12.2 Å². The minimum atomic E-state index is -0.730. The molecule has 16 heteroatoms. The number of aromatic nitrogens is 4. The van der Waals surface area contributed by atoms with Gasteiger partial charge in [0.25, 0.3) is 0 Å². The van der Waals surface area contributed by atoms with Crippen LogP contribution in [0, 0.1) is 11.8 Å². The fraction of sp³-hybridized carbons (Fsp3) is 0.478. The molecule has 4 N–H and O–H groups in total. The van der Waals surface area contributed by atoms with Crippen molar-refractivity contribution in [2.45, 2.75) is 96.6 Å². The normalized spacial score (nSPS) is 20.9. The predicted octanol–water partition coefficient (Wildman–Crippen LogP) is 7.16. The zero-order valence-electron chi connectivity index (χ0n) is 36.4. The van der Waals surface area contributed by atoms with E-state index in [9.17, 15) is 19.2 Å². The Morgan fingerprint density at radius 3 is 2.44 bits per heavy atom. The molecule has 0 radical (unpaired) electrons. The number of fused-ring (bicyclic) bond motifs is 6. The van der Waals surface area contributed by atoms with Crippen molar-refractivity contribution in [3.05, 3.63) is 65.9 Å². The number of benzene rings is 3. The minimum Gasteiger partial charge on any atom is -0.488 e. The first-order valence-corrected chi connectivity index (χ1v) is 21.5. The van der Waals surface area contributed by atoms with Gasteiger partial charge < -0.3 is 49.3 Å². The van der Waals surface area contributed by atoms with Crippen LogP contribution in [-0.4, -0.2) is 106 Å². The lowest BCUT2D eigenvalue weighted by Crippen LogP contribution is -2.53. The minimum absolute atomic E-state index is 0.0192. The first-order valence-electron chi connectivity index (χ1n) is 21.5. The summed E-state index contributed by atoms with van der Waals surface area (Å²) in [5, 5.41) is 7.39. The van der Waals surface area contributed by atoms with Crippen LogP contribution in [0.25, 0.3) is 44.2 Å². The first-order chi connectivity index (χ1) is 30.0. The molecule has 5 aromatic rings. The number of H-pyrrole nitrogens is 2. The SMILES string of the molecule is CCC(NC(=O)OC)C(=O)N1C[C@@H](COC)C[C@H]1c1nc2c(ccc3cc4c(cc32)OCc2cc(-c3cnc([C@@H]5CC[C@H](C)N5C(=O)C(NC(=O)OC)[C@@H](C)CC)[nH]3)ccc2-4)[nH]1. The molecule has 7 atom stereocenters. The summed E-state index contributed by atoms with van der Waals surface area (Å²) in [6.45, 7) is 9.20. The Kier molecular flexibility index (Phi) is 12.1. The van der Waals surface area contributed by atoms with E-state index in [1.165, 1.54) is 14.2 Å². The molecule has 5 heterocycles. The largest absolute Gasteiger partial charge is 0.488 e. The van der Waals surface area contributed by atoms with Crippen LogP contribution >= 0.6 is 0 Å². The van der Waals surface area contributed by atoms with Gasteiger partial charge in [0, 0.05) is 36.6 Å². The molecule has 16 nitrogen and oxygen atoms in total. The fourth-order valence-electron chi connectivity index (χ4n) is 9.46. The van der Waals surface area contributed by atoms with Gasteiger partial charge in [-0.25, -0.2) is 19.6 Å². The molecule has 4 amide bonds. The fourth-order valence-corrected chi connectivity index (χ4v) is 9.46. The number of carbonyl (C=O) groups is 4. The summed E-state index contributed by atoms with van der Waals surface area (Å²) in [6, 6.07) is 12.6. The number of hydrogen-bond donors (Lipinski definition) is 4. The summed E-state index contributed by atoms with van der Waals surface area (Å²) >= 11 is 0. The van der Waals surface area contributed by atoms with Crippen LogP contribution in [0.2, 0.25) is 0 Å². The molecule has 2 fully saturated rings. The van der Waals surface area contributed by atoms with Gasteiger partial charge in [-0.05, 0) is 84.9 Å². The topological polar surface area (TPSA) is 193 Å². The van der Waals surface area contributed by atoms with Crippen LogP contribution < -0.4 is 15.4 Å². The molecule has 328 valence electrons. The highest BCUT2D eigenvalue weighted by molar-refractivity contribution is 6.07. The van der Waals surface area contributed by atoms with Gasteiger partial charge in [0.15, 0.2) is 0 Å². The molecule has 8 rings (SSSR count). The molecule has 0 bridgehead atoms. The number of imidazole rings is 2. The molecular weight excluding hydrogens is 793 g/mol. The molecule has 0 spiro atoms. The van der Waals surface area contributed by atoms with E-state index in [2.05, 4.69) is 57.0 Å². The highest BCUT2D eigenvalue weighted by atomic mass is 16.5. The smallest absolute Gasteiger partial charge is 0.407 e. The van der Waals surface area contributed by atoms with Crippen LogP contribution in [0.15, 0.2) is 48.7 Å². The van der Waals surface area contributed by atoms with Gasteiger partial charge in [-0.1, -0.05) is 45.4 Å². The zero-order valence-corrected chi connectivity index (χ0v) is 36.4. The quantitative estimate of drug-likeness (QED) is 0.100. The van der Waals surface area contributed by atoms with Crippen molar-refractivity contribution in [2.75, 3.05) is 34.5 Å². The Hall–Kier alpha value is -6.16. The lowest BCUT2D eigenvalue weighted by Gasteiger charge is -2.33. The third kappa shape index (κ3) is 7.91. The Labute approximate surface area is 360 Å². The zero-order chi connectivity index (χ0) is 43.8. The number of ether oxygens (including phenoxy) is 4. The van der Waals surface area contributed by atoms with Crippen molar-refractivity contribution >= 4 is 45.8 Å². The molecule has 3 aromatic carbocycles. The lowest BCUT2D eigenvalue weighted by molar-refractivity contribution is -0.137. The van der Waals surface area contributed by atoms with Crippen molar-refractivity contribution in [1.29, 1.82) is 0 Å². The number of rotatable bonds is 12. The van der Waals surface area contributed by atoms with Gasteiger partial charge in [0.2, 0.25) is 11.8 Å². The number of alkyl carbamates (subject to hydrolysis) is 2. The second kappa shape index (κ2) is 17.7. The van der Waals surface area contributed by atoms with Gasteiger partial charge in [-0.2, -0.15) is 0 Å². The number of methoxy groups -OCH3 is 3. The number of carbonyl (C=O) groups excluding carboxylic acids is 4. The van der Waals surface area contributed by atoms with Crippen molar-refractivity contribution < 1.29 is 38.1 Å². The molecule has 62 heavy (non-hydrogen) atoms. The average molecular weight is 849 g/mol. The third-order valence-corrected chi connectivity index (χ3v) is 13.0. The van der Waals surface area contributed by atoms with E-state index in [1.54, 1.807) is 12.0 Å². The maximum atomic E-state index is 14.0. The summed E-state index contributed by atoms with van der Waals surface area (Å²) in [5.41, 5.74) is 6.52. The van der Waals surface area contributed by atoms with Gasteiger partial charge in [-0.15, -0.1) is 0 Å². The summed E-state index contributed by atoms with van der Waals surface area (Å²) in [6.07, 6.45) is 3.91. The number of hydrogen-bond acceptors (Lipinski definition) is 10. The van der Waals surface area contributed by atoms with Crippen molar-refractivity contribution in [3.8, 4) is 28.1 Å². The van der Waals surface area contributed by atoms with Crippen LogP contribution in [0.3, 0.4) is 0 Å². The summed E-state index contributed by atoms with van der Waals surface area (Å²) in [5.74, 6) is 1.85. The number of aromatic amines is 2. The van der Waals surface area contributed by atoms with Gasteiger partial charge in [-0.3, -0.25) is 9.59 Å². The Bertz CT molecular complexity index is 2500. The number of nitrogens with one attached hydrogen (secondary N) is 4. The van der Waals surface area contributed by atoms with E-state index >= 15 is 0 Å². The number of amides is 4. The van der Waals surface area contributed by atoms with E-state index in [4.69, 9.17) is 28.9 Å².